The minimum Gasteiger partial charge on any atom is -0.382 e. The fraction of sp³-hybridized carbons (Fsp3) is 0.500. The van der Waals surface area contributed by atoms with Crippen molar-refractivity contribution in [2.45, 2.75) is 44.4 Å². The van der Waals surface area contributed by atoms with Gasteiger partial charge in [0.05, 0.1) is 12.1 Å². The normalized spacial score (nSPS) is 19.7. The van der Waals surface area contributed by atoms with E-state index in [-0.39, 0.29) is 23.4 Å². The highest BCUT2D eigenvalue weighted by Crippen LogP contribution is 2.31. The topological polar surface area (TPSA) is 96.1 Å². The predicted molar refractivity (Wildman–Crippen MR) is 119 cm³/mol. The second kappa shape index (κ2) is 8.36. The Morgan fingerprint density at radius 3 is 2.64 bits per heavy atom. The summed E-state index contributed by atoms with van der Waals surface area (Å²) in [5, 5.41) is 0. The molecule has 8 nitrogen and oxygen atoms in total. The van der Waals surface area contributed by atoms with Crippen molar-refractivity contribution in [1.29, 1.82) is 0 Å². The molecule has 0 saturated carbocycles. The lowest BCUT2D eigenvalue weighted by atomic mass is 10.2. The molecule has 3 aromatic heterocycles. The average Bonchev–Trinajstić information content (AvgIpc) is 3.51. The first-order valence-electron chi connectivity index (χ1n) is 11.2. The maximum Gasteiger partial charge on any atom is 0.433 e. The van der Waals surface area contributed by atoms with Crippen molar-refractivity contribution in [3.8, 4) is 0 Å². The standard InChI is InChI=1S/C22H26F3N7O/c23-22(24,25)17-10-16-19(20(26)28-17)29-21(33)32(16)12-14-5-6-18(27-11-14)31-9-3-4-15(31)13-30-7-1-2-8-30/h5-6,10-11,15H,1-4,7-9,12-13H2,(H2,26,28)(H,29,33)/t15-/m0/s1. The molecule has 3 N–H and O–H groups in total. The molecule has 0 unspecified atom stereocenters. The molecule has 11 heteroatoms. The molecule has 0 radical (unpaired) electrons. The van der Waals surface area contributed by atoms with Gasteiger partial charge in [0.25, 0.3) is 0 Å². The first kappa shape index (κ1) is 21.7. The molecule has 33 heavy (non-hydrogen) atoms. The number of hydrogen-bond acceptors (Lipinski definition) is 6. The van der Waals surface area contributed by atoms with Crippen LogP contribution in [-0.2, 0) is 12.7 Å². The fourth-order valence-electron chi connectivity index (χ4n) is 4.93. The SMILES string of the molecule is Nc1nc(C(F)(F)F)cc2c1[nH]c(=O)n2Cc1ccc(N2CCC[C@H]2CN2CCCC2)nc1. The Labute approximate surface area is 188 Å². The van der Waals surface area contributed by atoms with Gasteiger partial charge in [-0.25, -0.2) is 14.8 Å². The summed E-state index contributed by atoms with van der Waals surface area (Å²) in [6.45, 7) is 4.40. The van der Waals surface area contributed by atoms with E-state index in [2.05, 4.69) is 24.8 Å². The van der Waals surface area contributed by atoms with Gasteiger partial charge in [-0.15, -0.1) is 0 Å². The van der Waals surface area contributed by atoms with E-state index >= 15 is 0 Å². The van der Waals surface area contributed by atoms with Crippen molar-refractivity contribution >= 4 is 22.7 Å². The molecule has 2 fully saturated rings. The van der Waals surface area contributed by atoms with Gasteiger partial charge in [-0.05, 0) is 56.5 Å². The number of pyridine rings is 2. The summed E-state index contributed by atoms with van der Waals surface area (Å²) in [6.07, 6.45) is 1.81. The highest BCUT2D eigenvalue weighted by Gasteiger charge is 2.34. The maximum atomic E-state index is 13.2. The van der Waals surface area contributed by atoms with Crippen molar-refractivity contribution < 1.29 is 13.2 Å². The number of aromatic amines is 1. The molecule has 0 aliphatic carbocycles. The number of aromatic nitrogens is 4. The quantitative estimate of drug-likeness (QED) is 0.607. The molecular weight excluding hydrogens is 435 g/mol. The van der Waals surface area contributed by atoms with Crippen molar-refractivity contribution in [3.63, 3.8) is 0 Å². The van der Waals surface area contributed by atoms with E-state index in [0.29, 0.717) is 11.6 Å². The summed E-state index contributed by atoms with van der Waals surface area (Å²) in [4.78, 5) is 27.8. The van der Waals surface area contributed by atoms with Crippen LogP contribution < -0.4 is 16.3 Å². The van der Waals surface area contributed by atoms with Crippen LogP contribution in [0.25, 0.3) is 11.0 Å². The molecule has 2 aliphatic heterocycles. The van der Waals surface area contributed by atoms with E-state index in [9.17, 15) is 18.0 Å². The van der Waals surface area contributed by atoms with E-state index in [1.807, 2.05) is 12.1 Å². The molecule has 0 bridgehead atoms. The summed E-state index contributed by atoms with van der Waals surface area (Å²) in [7, 11) is 0. The van der Waals surface area contributed by atoms with Gasteiger partial charge >= 0.3 is 11.9 Å². The predicted octanol–water partition coefficient (Wildman–Crippen LogP) is 2.83. The third-order valence-corrected chi connectivity index (χ3v) is 6.57. The van der Waals surface area contributed by atoms with Crippen LogP contribution in [0, 0.1) is 0 Å². The Bertz CT molecular complexity index is 1200. The number of H-pyrrole nitrogens is 1. The lowest BCUT2D eigenvalue weighted by Crippen LogP contribution is -2.39. The van der Waals surface area contributed by atoms with Gasteiger partial charge in [-0.1, -0.05) is 6.07 Å². The van der Waals surface area contributed by atoms with E-state index in [4.69, 9.17) is 5.73 Å². The average molecular weight is 461 g/mol. The van der Waals surface area contributed by atoms with Gasteiger partial charge in [0.2, 0.25) is 0 Å². The zero-order valence-corrected chi connectivity index (χ0v) is 18.1. The van der Waals surface area contributed by atoms with Crippen molar-refractivity contribution in [3.05, 3.63) is 46.1 Å². The highest BCUT2D eigenvalue weighted by molar-refractivity contribution is 5.85. The number of hydrogen-bond donors (Lipinski definition) is 2. The Morgan fingerprint density at radius 1 is 1.15 bits per heavy atom. The fourth-order valence-corrected chi connectivity index (χ4v) is 4.93. The minimum atomic E-state index is -4.66. The number of anilines is 2. The molecule has 2 aliphatic rings. The molecule has 0 aromatic carbocycles. The summed E-state index contributed by atoms with van der Waals surface area (Å²) in [5.74, 6) is 0.529. The molecule has 5 heterocycles. The molecule has 5 rings (SSSR count). The number of rotatable bonds is 5. The van der Waals surface area contributed by atoms with Gasteiger partial charge in [-0.3, -0.25) is 4.57 Å². The highest BCUT2D eigenvalue weighted by atomic mass is 19.4. The number of nitrogens with zero attached hydrogens (tertiary/aromatic N) is 5. The summed E-state index contributed by atoms with van der Waals surface area (Å²) < 4.78 is 40.8. The second-order valence-corrected chi connectivity index (χ2v) is 8.82. The number of nitrogens with two attached hydrogens (primary N) is 1. The third kappa shape index (κ3) is 4.29. The van der Waals surface area contributed by atoms with E-state index in [1.165, 1.54) is 17.4 Å². The van der Waals surface area contributed by atoms with Crippen LogP contribution in [0.2, 0.25) is 0 Å². The Balaban J connectivity index is 1.37. The number of likely N-dealkylation sites (tertiary alicyclic amines) is 1. The van der Waals surface area contributed by atoms with E-state index in [1.54, 1.807) is 6.20 Å². The Hall–Kier alpha value is -3.08. The molecule has 176 valence electrons. The zero-order chi connectivity index (χ0) is 23.2. The Morgan fingerprint density at radius 2 is 1.94 bits per heavy atom. The van der Waals surface area contributed by atoms with Gasteiger partial charge in [-0.2, -0.15) is 13.2 Å². The van der Waals surface area contributed by atoms with Gasteiger partial charge in [0.1, 0.15) is 22.8 Å². The van der Waals surface area contributed by atoms with Crippen LogP contribution in [0.1, 0.15) is 36.9 Å². The van der Waals surface area contributed by atoms with Crippen LogP contribution >= 0.6 is 0 Å². The molecule has 1 atom stereocenters. The number of nitrogen functional groups attached to an aromatic ring is 1. The van der Waals surface area contributed by atoms with Crippen molar-refractivity contribution in [1.82, 2.24) is 24.4 Å². The van der Waals surface area contributed by atoms with E-state index in [0.717, 1.165) is 50.9 Å². The van der Waals surface area contributed by atoms with Gasteiger partial charge < -0.3 is 20.5 Å². The smallest absolute Gasteiger partial charge is 0.382 e. The van der Waals surface area contributed by atoms with Crippen LogP contribution in [0.5, 0.6) is 0 Å². The second-order valence-electron chi connectivity index (χ2n) is 8.82. The summed E-state index contributed by atoms with van der Waals surface area (Å²) >= 11 is 0. The molecule has 0 spiro atoms. The summed E-state index contributed by atoms with van der Waals surface area (Å²) in [5.41, 5.74) is 4.86. The number of nitrogens with one attached hydrogen (secondary N) is 1. The number of fused-ring (bicyclic) bond motifs is 1. The molecule has 2 saturated heterocycles. The van der Waals surface area contributed by atoms with Crippen LogP contribution in [0.3, 0.4) is 0 Å². The van der Waals surface area contributed by atoms with Crippen LogP contribution in [0.15, 0.2) is 29.2 Å². The third-order valence-electron chi connectivity index (χ3n) is 6.57. The number of imidazole rings is 1. The van der Waals surface area contributed by atoms with Crippen LogP contribution in [-0.4, -0.2) is 56.6 Å². The molecule has 3 aromatic rings. The zero-order valence-electron chi connectivity index (χ0n) is 18.1. The lowest BCUT2D eigenvalue weighted by Gasteiger charge is -2.29. The minimum absolute atomic E-state index is 0.0640. The largest absolute Gasteiger partial charge is 0.433 e. The van der Waals surface area contributed by atoms with E-state index < -0.39 is 17.6 Å². The van der Waals surface area contributed by atoms with Crippen molar-refractivity contribution in [2.75, 3.05) is 36.8 Å². The van der Waals surface area contributed by atoms with Gasteiger partial charge in [0.15, 0.2) is 0 Å². The van der Waals surface area contributed by atoms with Gasteiger partial charge in [0, 0.05) is 25.3 Å². The number of halogens is 3. The van der Waals surface area contributed by atoms with Crippen LogP contribution in [0.4, 0.5) is 24.8 Å². The lowest BCUT2D eigenvalue weighted by molar-refractivity contribution is -0.141. The molecular formula is C22H26F3N7O. The summed E-state index contributed by atoms with van der Waals surface area (Å²) in [6, 6.07) is 5.08. The monoisotopic (exact) mass is 461 g/mol. The first-order valence-corrected chi connectivity index (χ1v) is 11.2. The van der Waals surface area contributed by atoms with Crippen molar-refractivity contribution in [2.24, 2.45) is 0 Å². The molecule has 0 amide bonds. The number of alkyl halides is 3. The maximum absolute atomic E-state index is 13.2. The Kier molecular flexibility index (Phi) is 5.51. The first-order chi connectivity index (χ1) is 15.8.